The van der Waals surface area contributed by atoms with Crippen LogP contribution < -0.4 is 11.5 Å². The van der Waals surface area contributed by atoms with Gasteiger partial charge in [0.25, 0.3) is 0 Å². The van der Waals surface area contributed by atoms with Gasteiger partial charge in [0.05, 0.1) is 39.3 Å². The summed E-state index contributed by atoms with van der Waals surface area (Å²) in [5.74, 6) is -7.49. The number of carbonyl (C=O) groups is 2. The number of oxazole rings is 2. The van der Waals surface area contributed by atoms with Crippen LogP contribution in [0.25, 0.3) is 44.5 Å². The predicted octanol–water partition coefficient (Wildman–Crippen LogP) is 13.3. The molecule has 4 atom stereocenters. The number of benzene rings is 6. The lowest BCUT2D eigenvalue weighted by atomic mass is 9.77. The van der Waals surface area contributed by atoms with Crippen LogP contribution in [0.1, 0.15) is 68.7 Å². The molecule has 1 N–H and O–H groups in total. The number of aryl methyl sites for hydroxylation is 2. The molecule has 0 bridgehead atoms. The van der Waals surface area contributed by atoms with Crippen molar-refractivity contribution in [3.8, 4) is 22.3 Å². The second-order valence-electron chi connectivity index (χ2n) is 16.9. The maximum Gasteiger partial charge on any atom is 0.433 e. The maximum atomic E-state index is 16.3. The summed E-state index contributed by atoms with van der Waals surface area (Å²) in [7, 11) is 3.76. The molecule has 8 rings (SSSR count). The highest BCUT2D eigenvalue weighted by Crippen LogP contribution is 2.55. The first-order valence-electron chi connectivity index (χ1n) is 21.3. The predicted molar refractivity (Wildman–Crippen MR) is 258 cm³/mol. The van der Waals surface area contributed by atoms with Gasteiger partial charge >= 0.3 is 35.8 Å². The highest BCUT2D eigenvalue weighted by molar-refractivity contribution is 6.35. The van der Waals surface area contributed by atoms with Gasteiger partial charge in [0.2, 0.25) is 5.60 Å². The van der Waals surface area contributed by atoms with Crippen molar-refractivity contribution in [3.05, 3.63) is 184 Å². The Labute approximate surface area is 423 Å². The van der Waals surface area contributed by atoms with E-state index in [2.05, 4.69) is 0 Å². The number of aliphatic hydroxyl groups is 1. The minimum absolute atomic E-state index is 0.00108. The van der Waals surface area contributed by atoms with Crippen LogP contribution in [-0.4, -0.2) is 45.6 Å². The van der Waals surface area contributed by atoms with Crippen LogP contribution in [0.15, 0.2) is 128 Å². The monoisotopic (exact) mass is 1070 g/mol. The van der Waals surface area contributed by atoms with E-state index >= 15 is 13.2 Å². The summed E-state index contributed by atoms with van der Waals surface area (Å²) in [5.41, 5.74) is -7.78. The quantitative estimate of drug-likeness (QED) is 0.0989. The van der Waals surface area contributed by atoms with E-state index in [1.165, 1.54) is 87.9 Å². The molecule has 2 heterocycles. The third-order valence-corrected chi connectivity index (χ3v) is 14.2. The molecule has 2 aromatic heterocycles. The van der Waals surface area contributed by atoms with E-state index in [0.29, 0.717) is 11.1 Å². The molecule has 0 aliphatic carbocycles. The molecule has 8 aromatic rings. The van der Waals surface area contributed by atoms with Crippen LogP contribution >= 0.6 is 46.4 Å². The number of carbonyl (C=O) groups excluding carboxylic acids is 2. The number of esters is 2. The van der Waals surface area contributed by atoms with E-state index in [-0.39, 0.29) is 65.1 Å². The largest absolute Gasteiger partial charge is 0.465 e. The lowest BCUT2D eigenvalue weighted by molar-refractivity contribution is -0.274. The van der Waals surface area contributed by atoms with Crippen molar-refractivity contribution in [1.82, 2.24) is 9.13 Å². The summed E-state index contributed by atoms with van der Waals surface area (Å²) in [6.45, 7) is 2.27. The van der Waals surface area contributed by atoms with E-state index < -0.39 is 80.6 Å². The van der Waals surface area contributed by atoms with Crippen molar-refractivity contribution >= 4 is 80.5 Å². The van der Waals surface area contributed by atoms with Crippen molar-refractivity contribution in [2.75, 3.05) is 7.11 Å². The first kappa shape index (κ1) is 51.8. The summed E-state index contributed by atoms with van der Waals surface area (Å²) in [6, 6.07) is 22.4. The molecule has 0 saturated heterocycles. The summed E-state index contributed by atoms with van der Waals surface area (Å²) in [4.78, 5) is 51.0. The zero-order valence-corrected chi connectivity index (χ0v) is 41.0. The molecule has 0 aliphatic rings. The zero-order chi connectivity index (χ0) is 52.6. The summed E-state index contributed by atoms with van der Waals surface area (Å²) in [5, 5.41) is 10.8. The topological polar surface area (TPSA) is 143 Å². The van der Waals surface area contributed by atoms with Crippen molar-refractivity contribution in [2.24, 2.45) is 14.1 Å². The van der Waals surface area contributed by atoms with Crippen molar-refractivity contribution in [1.29, 1.82) is 0 Å². The molecule has 0 aliphatic heterocycles. The third-order valence-electron chi connectivity index (χ3n) is 13.0. The lowest BCUT2D eigenvalue weighted by Crippen LogP contribution is -2.50. The second kappa shape index (κ2) is 18.8. The SMILES string of the molecule is COC(=O)c1ccc(-c2ccc(C(C)C(OC(=O)c3ccc(-c4ccc(C(C)C(O)(c5ccc6oc(=O)n(C)c6c5)C(F)(F)F)c(Cl)c4)cc3Cl)(c3ccc4oc(=O)n(C)c4c3)C(F)(F)F)c(Cl)c2)cc1Cl. The summed E-state index contributed by atoms with van der Waals surface area (Å²) in [6.07, 6.45) is -10.7. The fourth-order valence-electron chi connectivity index (χ4n) is 8.84. The van der Waals surface area contributed by atoms with Gasteiger partial charge in [-0.1, -0.05) is 109 Å². The molecule has 0 saturated carbocycles. The molecule has 0 amide bonds. The van der Waals surface area contributed by atoms with E-state index in [9.17, 15) is 37.5 Å². The Balaban J connectivity index is 1.15. The Kier molecular flexibility index (Phi) is 13.6. The normalized spacial score (nSPS) is 14.7. The number of aromatic nitrogens is 2. The Morgan fingerprint density at radius 3 is 1.38 bits per heavy atom. The fourth-order valence-corrected chi connectivity index (χ4v) is 10.0. The molecule has 374 valence electrons. The molecule has 11 nitrogen and oxygen atoms in total. The van der Waals surface area contributed by atoms with E-state index in [4.69, 9.17) is 64.7 Å². The van der Waals surface area contributed by atoms with E-state index in [1.807, 2.05) is 0 Å². The van der Waals surface area contributed by atoms with E-state index in [0.717, 1.165) is 65.4 Å². The molecule has 6 aromatic carbocycles. The minimum atomic E-state index is -5.41. The minimum Gasteiger partial charge on any atom is -0.465 e. The van der Waals surface area contributed by atoms with Gasteiger partial charge in [-0.3, -0.25) is 9.13 Å². The Hall–Kier alpha value is -6.50. The summed E-state index contributed by atoms with van der Waals surface area (Å²) < 4.78 is 116. The first-order valence-corrected chi connectivity index (χ1v) is 22.8. The third kappa shape index (κ3) is 8.74. The number of ether oxygens (including phenoxy) is 2. The van der Waals surface area contributed by atoms with Crippen LogP contribution in [-0.2, 0) is 34.8 Å². The molecule has 4 unspecified atom stereocenters. The van der Waals surface area contributed by atoms with Gasteiger partial charge in [0.1, 0.15) is 0 Å². The van der Waals surface area contributed by atoms with Crippen LogP contribution in [0.3, 0.4) is 0 Å². The molecule has 0 spiro atoms. The number of fused-ring (bicyclic) bond motifs is 2. The van der Waals surface area contributed by atoms with Crippen molar-refractivity contribution in [3.63, 3.8) is 0 Å². The number of hydrogen-bond donors (Lipinski definition) is 1. The van der Waals surface area contributed by atoms with Gasteiger partial charge in [-0.05, 0) is 99.6 Å². The molecule has 21 heteroatoms. The Morgan fingerprint density at radius 1 is 0.556 bits per heavy atom. The van der Waals surface area contributed by atoms with Gasteiger partial charge in [-0.25, -0.2) is 19.2 Å². The average Bonchev–Trinajstić information content (AvgIpc) is 3.78. The smallest absolute Gasteiger partial charge is 0.433 e. The van der Waals surface area contributed by atoms with Gasteiger partial charge in [0.15, 0.2) is 16.8 Å². The zero-order valence-electron chi connectivity index (χ0n) is 37.9. The number of alkyl halides is 6. The number of rotatable bonds is 11. The Bertz CT molecular complexity index is 3620. The molecule has 0 radical (unpaired) electrons. The molecular weight excluding hydrogens is 1040 g/mol. The Morgan fingerprint density at radius 2 is 0.958 bits per heavy atom. The summed E-state index contributed by atoms with van der Waals surface area (Å²) >= 11 is 26.4. The fraction of sp³-hybridized carbons (Fsp3) is 0.216. The molecule has 72 heavy (non-hydrogen) atoms. The first-order chi connectivity index (χ1) is 33.7. The number of halogens is 10. The van der Waals surface area contributed by atoms with Crippen LogP contribution in [0, 0.1) is 0 Å². The molecule has 0 fully saturated rings. The van der Waals surface area contributed by atoms with Crippen LogP contribution in [0.5, 0.6) is 0 Å². The van der Waals surface area contributed by atoms with Gasteiger partial charge in [0, 0.05) is 41.5 Å². The second-order valence-corrected chi connectivity index (χ2v) is 18.5. The number of hydrogen-bond acceptors (Lipinski definition) is 9. The number of nitrogens with zero attached hydrogens (tertiary/aromatic N) is 2. The van der Waals surface area contributed by atoms with Gasteiger partial charge < -0.3 is 23.4 Å². The highest BCUT2D eigenvalue weighted by atomic mass is 35.5. The standard InChI is InChI=1S/C51H36Cl4F6N2O9/c1-24(48(68,50(56,57)58)30-10-16-42-40(22-30)62(3)46(66)70-42)32-12-6-26(18-36(32)52)29-9-15-35(39(55)21-29)45(65)72-49(51(59,60)61,31-11-17-43-41(23-31)63(4)47(67)71-43)25(2)33-13-7-27(19-37(33)53)28-8-14-34(38(54)20-28)44(64)69-5/h6-25,68H,1-5H3. The van der Waals surface area contributed by atoms with Crippen molar-refractivity contribution < 1.29 is 59.3 Å². The van der Waals surface area contributed by atoms with Gasteiger partial charge in [-0.2, -0.15) is 26.3 Å². The molecular formula is C51H36Cl4F6N2O9. The van der Waals surface area contributed by atoms with Crippen molar-refractivity contribution in [2.45, 2.75) is 49.2 Å². The van der Waals surface area contributed by atoms with Crippen LogP contribution in [0.2, 0.25) is 20.1 Å². The maximum absolute atomic E-state index is 16.3. The number of methoxy groups -OCH3 is 1. The average molecular weight is 1080 g/mol. The van der Waals surface area contributed by atoms with Gasteiger partial charge in [-0.15, -0.1) is 0 Å². The lowest BCUT2D eigenvalue weighted by Gasteiger charge is -2.41. The highest BCUT2D eigenvalue weighted by Gasteiger charge is 2.64. The van der Waals surface area contributed by atoms with Crippen LogP contribution in [0.4, 0.5) is 26.3 Å². The van der Waals surface area contributed by atoms with E-state index in [1.54, 1.807) is 0 Å².